The third-order valence-corrected chi connectivity index (χ3v) is 9.50. The summed E-state index contributed by atoms with van der Waals surface area (Å²) >= 11 is 0. The molecule has 1 aliphatic carbocycles. The van der Waals surface area contributed by atoms with Gasteiger partial charge in [0.15, 0.2) is 0 Å². The predicted molar refractivity (Wildman–Crippen MR) is 226 cm³/mol. The fourth-order valence-corrected chi connectivity index (χ4v) is 6.36. The Labute approximate surface area is 306 Å². The number of fused-ring (bicyclic) bond motifs is 2. The number of hydrogen-bond acceptors (Lipinski definition) is 1. The molecule has 0 aromatic heterocycles. The standard InChI is InChI=1S/C32H31N.C11H10.C7H10/c1-5-11-29(7-3)33(32-15-10-13-28-12-8-9-14-31(28)32)30-22-20-27(21-23-30)26-18-16-25(17-19-26)24(4)6-2;1-9-5-4-7-10-6-2-3-8-11(9)10;1-7-5-3-2-4-6-7/h5,7-24H,1,3,6H2,2,4H3;2-8H,1H3;3,5-6H,2,4H2,1H3/b29-11+;;. The largest absolute Gasteiger partial charge is 0.310 e. The Morgan fingerprint density at radius 2 is 1.27 bits per heavy atom. The van der Waals surface area contributed by atoms with Gasteiger partial charge in [0, 0.05) is 16.8 Å². The van der Waals surface area contributed by atoms with E-state index < -0.39 is 0 Å². The minimum atomic E-state index is 0.588. The molecule has 0 N–H and O–H groups in total. The average molecular weight is 666 g/mol. The molecule has 0 fully saturated rings. The molecule has 0 heterocycles. The second-order valence-electron chi connectivity index (χ2n) is 13.1. The first-order valence-corrected chi connectivity index (χ1v) is 18.1. The third kappa shape index (κ3) is 9.53. The highest BCUT2D eigenvalue weighted by atomic mass is 15.1. The van der Waals surface area contributed by atoms with Gasteiger partial charge in [0.2, 0.25) is 0 Å². The molecule has 0 amide bonds. The van der Waals surface area contributed by atoms with Crippen LogP contribution in [0.15, 0.2) is 194 Å². The highest BCUT2D eigenvalue weighted by Crippen LogP contribution is 2.37. The van der Waals surface area contributed by atoms with Gasteiger partial charge in [-0.2, -0.15) is 0 Å². The predicted octanol–water partition coefficient (Wildman–Crippen LogP) is 14.8. The Balaban J connectivity index is 0.000000225. The highest BCUT2D eigenvalue weighted by Gasteiger charge is 2.15. The molecule has 1 heteroatoms. The topological polar surface area (TPSA) is 3.24 Å². The van der Waals surface area contributed by atoms with Gasteiger partial charge in [0.1, 0.15) is 0 Å². The van der Waals surface area contributed by atoms with Crippen molar-refractivity contribution in [2.75, 3.05) is 4.90 Å². The lowest BCUT2D eigenvalue weighted by atomic mass is 9.96. The van der Waals surface area contributed by atoms with Crippen LogP contribution in [0.5, 0.6) is 0 Å². The van der Waals surface area contributed by atoms with Crippen molar-refractivity contribution < 1.29 is 0 Å². The van der Waals surface area contributed by atoms with Crippen LogP contribution in [0.2, 0.25) is 0 Å². The highest BCUT2D eigenvalue weighted by molar-refractivity contribution is 5.97. The van der Waals surface area contributed by atoms with Gasteiger partial charge in [-0.1, -0.05) is 172 Å². The summed E-state index contributed by atoms with van der Waals surface area (Å²) < 4.78 is 0. The van der Waals surface area contributed by atoms with Crippen molar-refractivity contribution in [3.8, 4) is 11.1 Å². The lowest BCUT2D eigenvalue weighted by molar-refractivity contribution is 0.734. The SMILES string of the molecule is C=C/C=C(\C=C)N(c1ccc(-c2ccc(C(C)CC)cc2)cc1)c1cccc2ccccc12.CC1=CCCC=C1.Cc1cccc2ccccc12. The van der Waals surface area contributed by atoms with Gasteiger partial charge in [-0.3, -0.25) is 0 Å². The van der Waals surface area contributed by atoms with Crippen LogP contribution in [0.3, 0.4) is 0 Å². The van der Waals surface area contributed by atoms with Crippen molar-refractivity contribution in [2.45, 2.75) is 52.9 Å². The van der Waals surface area contributed by atoms with E-state index in [1.54, 1.807) is 0 Å². The van der Waals surface area contributed by atoms with Gasteiger partial charge >= 0.3 is 0 Å². The van der Waals surface area contributed by atoms with Gasteiger partial charge in [-0.25, -0.2) is 0 Å². The Morgan fingerprint density at radius 1 is 0.686 bits per heavy atom. The number of anilines is 2. The molecule has 256 valence electrons. The Bertz CT molecular complexity index is 2130. The summed E-state index contributed by atoms with van der Waals surface area (Å²) in [6.45, 7) is 16.8. The van der Waals surface area contributed by atoms with Crippen molar-refractivity contribution in [1.82, 2.24) is 0 Å². The zero-order valence-electron chi connectivity index (χ0n) is 30.7. The van der Waals surface area contributed by atoms with E-state index in [9.17, 15) is 0 Å². The summed E-state index contributed by atoms with van der Waals surface area (Å²) in [5.41, 5.74) is 9.77. The molecule has 0 radical (unpaired) electrons. The van der Waals surface area contributed by atoms with E-state index in [-0.39, 0.29) is 0 Å². The molecule has 1 atom stereocenters. The first-order valence-electron chi connectivity index (χ1n) is 18.1. The maximum Gasteiger partial charge on any atom is 0.0540 e. The summed E-state index contributed by atoms with van der Waals surface area (Å²) in [7, 11) is 0. The van der Waals surface area contributed by atoms with Gasteiger partial charge < -0.3 is 4.90 Å². The van der Waals surface area contributed by atoms with E-state index in [0.717, 1.165) is 23.5 Å². The monoisotopic (exact) mass is 665 g/mol. The summed E-state index contributed by atoms with van der Waals surface area (Å²) in [5.74, 6) is 0.588. The van der Waals surface area contributed by atoms with Crippen molar-refractivity contribution in [3.63, 3.8) is 0 Å². The van der Waals surface area contributed by atoms with Gasteiger partial charge in [0.05, 0.1) is 5.69 Å². The lowest BCUT2D eigenvalue weighted by Gasteiger charge is -2.27. The summed E-state index contributed by atoms with van der Waals surface area (Å²) in [6.07, 6.45) is 16.0. The van der Waals surface area contributed by atoms with E-state index >= 15 is 0 Å². The smallest absolute Gasteiger partial charge is 0.0540 e. The van der Waals surface area contributed by atoms with Crippen LogP contribution in [-0.4, -0.2) is 0 Å². The molecule has 0 aliphatic heterocycles. The lowest BCUT2D eigenvalue weighted by Crippen LogP contribution is -2.15. The maximum atomic E-state index is 4.07. The molecular formula is C50H51N. The molecule has 1 unspecified atom stereocenters. The molecule has 1 nitrogen and oxygen atoms in total. The van der Waals surface area contributed by atoms with Crippen molar-refractivity contribution in [2.24, 2.45) is 0 Å². The van der Waals surface area contributed by atoms with Crippen molar-refractivity contribution in [3.05, 3.63) is 205 Å². The first kappa shape index (κ1) is 36.6. The average Bonchev–Trinajstić information content (AvgIpc) is 3.19. The van der Waals surface area contributed by atoms with Gasteiger partial charge in [0.25, 0.3) is 0 Å². The van der Waals surface area contributed by atoms with E-state index in [4.69, 9.17) is 0 Å². The maximum absolute atomic E-state index is 4.07. The Morgan fingerprint density at radius 3 is 1.82 bits per heavy atom. The number of nitrogens with zero attached hydrogens (tertiary/aromatic N) is 1. The van der Waals surface area contributed by atoms with Crippen LogP contribution in [0, 0.1) is 6.92 Å². The number of allylic oxidation sites excluding steroid dienone is 7. The Kier molecular flexibility index (Phi) is 13.2. The molecule has 51 heavy (non-hydrogen) atoms. The molecule has 0 spiro atoms. The van der Waals surface area contributed by atoms with Crippen LogP contribution in [0.4, 0.5) is 11.4 Å². The van der Waals surface area contributed by atoms with E-state index in [1.807, 2.05) is 18.2 Å². The fourth-order valence-electron chi connectivity index (χ4n) is 6.36. The summed E-state index contributed by atoms with van der Waals surface area (Å²) in [4.78, 5) is 2.24. The second kappa shape index (κ2) is 18.4. The first-order chi connectivity index (χ1) is 24.9. The number of hydrogen-bond donors (Lipinski definition) is 0. The van der Waals surface area contributed by atoms with Crippen molar-refractivity contribution in [1.29, 1.82) is 0 Å². The third-order valence-electron chi connectivity index (χ3n) is 9.50. The number of rotatable bonds is 8. The summed E-state index contributed by atoms with van der Waals surface area (Å²) in [6, 6.07) is 47.4. The fraction of sp³-hybridized carbons (Fsp3) is 0.160. The summed E-state index contributed by atoms with van der Waals surface area (Å²) in [5, 5.41) is 5.09. The van der Waals surface area contributed by atoms with Crippen LogP contribution >= 0.6 is 0 Å². The van der Waals surface area contributed by atoms with Gasteiger partial charge in [-0.05, 0) is 108 Å². The van der Waals surface area contributed by atoms with E-state index in [2.05, 4.69) is 197 Å². The second-order valence-corrected chi connectivity index (χ2v) is 13.1. The van der Waals surface area contributed by atoms with Crippen molar-refractivity contribution >= 4 is 32.9 Å². The van der Waals surface area contributed by atoms with E-state index in [1.165, 1.54) is 62.2 Å². The number of benzene rings is 6. The quantitative estimate of drug-likeness (QED) is 0.146. The van der Waals surface area contributed by atoms with Gasteiger partial charge in [-0.15, -0.1) is 0 Å². The van der Waals surface area contributed by atoms with Crippen LogP contribution in [0.25, 0.3) is 32.7 Å². The molecule has 0 saturated carbocycles. The molecule has 0 bridgehead atoms. The van der Waals surface area contributed by atoms with Crippen LogP contribution in [0.1, 0.15) is 57.1 Å². The molecule has 0 saturated heterocycles. The van der Waals surface area contributed by atoms with Crippen LogP contribution < -0.4 is 4.90 Å². The number of aryl methyl sites for hydroxylation is 1. The molecule has 6 aromatic carbocycles. The molecule has 1 aliphatic rings. The molecule has 6 aromatic rings. The molecule has 7 rings (SSSR count). The minimum absolute atomic E-state index is 0.588. The zero-order valence-corrected chi connectivity index (χ0v) is 30.7. The zero-order chi connectivity index (χ0) is 36.0. The van der Waals surface area contributed by atoms with Crippen LogP contribution in [-0.2, 0) is 0 Å². The Hall–Kier alpha value is -5.66. The molecular weight excluding hydrogens is 615 g/mol. The minimum Gasteiger partial charge on any atom is -0.310 e. The van der Waals surface area contributed by atoms with E-state index in [0.29, 0.717) is 5.92 Å². The normalized spacial score (nSPS) is 12.9.